The van der Waals surface area contributed by atoms with Crippen molar-refractivity contribution in [2.45, 2.75) is 20.4 Å². The zero-order valence-corrected chi connectivity index (χ0v) is 9.32. The Morgan fingerprint density at radius 3 is 2.81 bits per heavy atom. The molecule has 0 bridgehead atoms. The van der Waals surface area contributed by atoms with Crippen LogP contribution in [0.5, 0.6) is 0 Å². The average molecular weight is 218 g/mol. The second-order valence-corrected chi connectivity index (χ2v) is 3.63. The van der Waals surface area contributed by atoms with Crippen molar-refractivity contribution >= 4 is 11.4 Å². The number of nitrogens with two attached hydrogens (primary N) is 1. The summed E-state index contributed by atoms with van der Waals surface area (Å²) >= 11 is 0. The summed E-state index contributed by atoms with van der Waals surface area (Å²) in [7, 11) is 0. The first-order valence-electron chi connectivity index (χ1n) is 5.05. The third-order valence-corrected chi connectivity index (χ3v) is 2.29. The van der Waals surface area contributed by atoms with Crippen molar-refractivity contribution in [1.82, 2.24) is 10.1 Å². The van der Waals surface area contributed by atoms with Gasteiger partial charge in [0.2, 0.25) is 5.89 Å². The molecule has 0 amide bonds. The average Bonchev–Trinajstić information content (AvgIpc) is 2.63. The van der Waals surface area contributed by atoms with Crippen LogP contribution in [0.2, 0.25) is 0 Å². The maximum atomic E-state index is 5.86. The summed E-state index contributed by atoms with van der Waals surface area (Å²) in [5.74, 6) is 1.19. The molecule has 1 aromatic carbocycles. The van der Waals surface area contributed by atoms with Gasteiger partial charge in [0.05, 0.1) is 17.9 Å². The predicted molar refractivity (Wildman–Crippen MR) is 62.0 cm³/mol. The highest BCUT2D eigenvalue weighted by Crippen LogP contribution is 2.22. The zero-order chi connectivity index (χ0) is 11.5. The number of hydrogen-bond donors (Lipinski definition) is 2. The van der Waals surface area contributed by atoms with Gasteiger partial charge in [-0.25, -0.2) is 0 Å². The molecule has 0 saturated heterocycles. The summed E-state index contributed by atoms with van der Waals surface area (Å²) in [6.45, 7) is 4.27. The van der Waals surface area contributed by atoms with Gasteiger partial charge < -0.3 is 15.6 Å². The van der Waals surface area contributed by atoms with Crippen LogP contribution < -0.4 is 11.1 Å². The van der Waals surface area contributed by atoms with Gasteiger partial charge in [0, 0.05) is 0 Å². The molecule has 5 heteroatoms. The number of para-hydroxylation sites is 1. The van der Waals surface area contributed by atoms with Crippen molar-refractivity contribution in [3.05, 3.63) is 35.5 Å². The molecule has 0 fully saturated rings. The van der Waals surface area contributed by atoms with E-state index in [0.717, 1.165) is 16.9 Å². The van der Waals surface area contributed by atoms with Gasteiger partial charge in [0.25, 0.3) is 0 Å². The van der Waals surface area contributed by atoms with Crippen molar-refractivity contribution in [3.63, 3.8) is 0 Å². The molecular weight excluding hydrogens is 204 g/mol. The van der Waals surface area contributed by atoms with Gasteiger partial charge in [-0.2, -0.15) is 4.98 Å². The summed E-state index contributed by atoms with van der Waals surface area (Å²) in [5.41, 5.74) is 8.59. The number of aryl methyl sites for hydroxylation is 2. The van der Waals surface area contributed by atoms with Crippen molar-refractivity contribution in [2.24, 2.45) is 0 Å². The second-order valence-electron chi connectivity index (χ2n) is 3.63. The summed E-state index contributed by atoms with van der Waals surface area (Å²) < 4.78 is 5.00. The number of anilines is 2. The van der Waals surface area contributed by atoms with Gasteiger partial charge in [0.15, 0.2) is 5.82 Å². The van der Waals surface area contributed by atoms with Crippen LogP contribution in [0.4, 0.5) is 11.4 Å². The Hall–Kier alpha value is -2.04. The Morgan fingerprint density at radius 1 is 1.38 bits per heavy atom. The lowest BCUT2D eigenvalue weighted by Gasteiger charge is -2.09. The number of aromatic nitrogens is 2. The van der Waals surface area contributed by atoms with Gasteiger partial charge in [-0.1, -0.05) is 17.3 Å². The van der Waals surface area contributed by atoms with E-state index in [9.17, 15) is 0 Å². The van der Waals surface area contributed by atoms with E-state index < -0.39 is 0 Å². The molecule has 1 heterocycles. The molecule has 16 heavy (non-hydrogen) atoms. The van der Waals surface area contributed by atoms with Crippen molar-refractivity contribution in [2.75, 3.05) is 11.1 Å². The highest BCUT2D eigenvalue weighted by atomic mass is 16.5. The van der Waals surface area contributed by atoms with Gasteiger partial charge in [-0.15, -0.1) is 0 Å². The van der Waals surface area contributed by atoms with Crippen LogP contribution in [0.1, 0.15) is 17.3 Å². The van der Waals surface area contributed by atoms with Gasteiger partial charge in [-0.05, 0) is 25.5 Å². The summed E-state index contributed by atoms with van der Waals surface area (Å²) in [5, 5.41) is 6.91. The normalized spacial score (nSPS) is 10.4. The van der Waals surface area contributed by atoms with Crippen LogP contribution in [0.25, 0.3) is 0 Å². The number of benzene rings is 1. The third kappa shape index (κ3) is 2.13. The molecule has 0 aliphatic rings. The monoisotopic (exact) mass is 218 g/mol. The molecule has 1 aromatic heterocycles. The SMILES string of the molecule is Cc1noc(CNc2c(C)cccc2N)n1. The largest absolute Gasteiger partial charge is 0.397 e. The van der Waals surface area contributed by atoms with E-state index in [0.29, 0.717) is 18.3 Å². The van der Waals surface area contributed by atoms with Crippen molar-refractivity contribution in [1.29, 1.82) is 0 Å². The van der Waals surface area contributed by atoms with Crippen LogP contribution in [0, 0.1) is 13.8 Å². The molecule has 84 valence electrons. The Kier molecular flexibility index (Phi) is 2.76. The van der Waals surface area contributed by atoms with Crippen LogP contribution in [0.15, 0.2) is 22.7 Å². The molecule has 0 unspecified atom stereocenters. The highest BCUT2D eigenvalue weighted by Gasteiger charge is 2.05. The lowest BCUT2D eigenvalue weighted by molar-refractivity contribution is 0.379. The molecule has 0 aliphatic carbocycles. The Balaban J connectivity index is 2.10. The minimum Gasteiger partial charge on any atom is -0.397 e. The molecule has 2 aromatic rings. The van der Waals surface area contributed by atoms with Crippen LogP contribution in [-0.4, -0.2) is 10.1 Å². The predicted octanol–water partition coefficient (Wildman–Crippen LogP) is 1.88. The van der Waals surface area contributed by atoms with E-state index >= 15 is 0 Å². The Morgan fingerprint density at radius 2 is 2.19 bits per heavy atom. The second kappa shape index (κ2) is 4.22. The fraction of sp³-hybridized carbons (Fsp3) is 0.273. The third-order valence-electron chi connectivity index (χ3n) is 2.29. The quantitative estimate of drug-likeness (QED) is 0.769. The van der Waals surface area contributed by atoms with Crippen LogP contribution in [0.3, 0.4) is 0 Å². The molecule has 0 saturated carbocycles. The molecule has 0 spiro atoms. The van der Waals surface area contributed by atoms with Crippen LogP contribution >= 0.6 is 0 Å². The zero-order valence-electron chi connectivity index (χ0n) is 9.32. The lowest BCUT2D eigenvalue weighted by atomic mass is 10.1. The first kappa shape index (κ1) is 10.5. The number of rotatable bonds is 3. The smallest absolute Gasteiger partial charge is 0.245 e. The molecule has 3 N–H and O–H groups in total. The fourth-order valence-electron chi connectivity index (χ4n) is 1.51. The Labute approximate surface area is 93.7 Å². The maximum Gasteiger partial charge on any atom is 0.245 e. The summed E-state index contributed by atoms with van der Waals surface area (Å²) in [6, 6.07) is 5.78. The van der Waals surface area contributed by atoms with E-state index in [-0.39, 0.29) is 0 Å². The van der Waals surface area contributed by atoms with Gasteiger partial charge in [0.1, 0.15) is 0 Å². The van der Waals surface area contributed by atoms with E-state index in [1.807, 2.05) is 25.1 Å². The maximum absolute atomic E-state index is 5.86. The minimum atomic E-state index is 0.482. The highest BCUT2D eigenvalue weighted by molar-refractivity contribution is 5.69. The number of nitrogens with one attached hydrogen (secondary N) is 1. The summed E-state index contributed by atoms with van der Waals surface area (Å²) in [6.07, 6.45) is 0. The summed E-state index contributed by atoms with van der Waals surface area (Å²) in [4.78, 5) is 4.10. The van der Waals surface area contributed by atoms with Crippen molar-refractivity contribution < 1.29 is 4.52 Å². The number of hydrogen-bond acceptors (Lipinski definition) is 5. The first-order chi connectivity index (χ1) is 7.66. The van der Waals surface area contributed by atoms with Gasteiger partial charge in [-0.3, -0.25) is 0 Å². The fourth-order valence-corrected chi connectivity index (χ4v) is 1.51. The molecule has 0 aliphatic heterocycles. The van der Waals surface area contributed by atoms with E-state index in [1.165, 1.54) is 0 Å². The standard InChI is InChI=1S/C11H14N4O/c1-7-4-3-5-9(12)11(7)13-6-10-14-8(2)15-16-10/h3-5,13H,6,12H2,1-2H3. The lowest BCUT2D eigenvalue weighted by Crippen LogP contribution is -2.04. The first-order valence-corrected chi connectivity index (χ1v) is 5.05. The topological polar surface area (TPSA) is 77.0 Å². The van der Waals surface area contributed by atoms with E-state index in [4.69, 9.17) is 10.3 Å². The van der Waals surface area contributed by atoms with Crippen LogP contribution in [-0.2, 0) is 6.54 Å². The molecule has 2 rings (SSSR count). The molecule has 0 radical (unpaired) electrons. The Bertz CT molecular complexity index is 472. The van der Waals surface area contributed by atoms with E-state index in [1.54, 1.807) is 6.92 Å². The van der Waals surface area contributed by atoms with E-state index in [2.05, 4.69) is 15.5 Å². The molecule has 0 atom stereocenters. The molecular formula is C11H14N4O. The van der Waals surface area contributed by atoms with Crippen molar-refractivity contribution in [3.8, 4) is 0 Å². The number of nitrogen functional groups attached to an aromatic ring is 1. The molecule has 5 nitrogen and oxygen atoms in total. The van der Waals surface area contributed by atoms with Gasteiger partial charge >= 0.3 is 0 Å². The minimum absolute atomic E-state index is 0.482. The number of nitrogens with zero attached hydrogens (tertiary/aromatic N) is 2.